The summed E-state index contributed by atoms with van der Waals surface area (Å²) in [6, 6.07) is 22.2. The molecular weight excluding hydrogens is 300 g/mol. The SMILES string of the molecule is N#CCCn1nnnc1CN=C(c1ccccc1)c1ccccc1. The molecule has 0 N–H and O–H groups in total. The van der Waals surface area contributed by atoms with Crippen LogP contribution in [0.4, 0.5) is 0 Å². The van der Waals surface area contributed by atoms with Crippen LogP contribution < -0.4 is 0 Å². The van der Waals surface area contributed by atoms with Crippen LogP contribution in [0.15, 0.2) is 65.7 Å². The van der Waals surface area contributed by atoms with Gasteiger partial charge in [-0.2, -0.15) is 5.26 Å². The van der Waals surface area contributed by atoms with E-state index in [1.165, 1.54) is 0 Å². The number of nitriles is 1. The van der Waals surface area contributed by atoms with E-state index in [0.717, 1.165) is 16.8 Å². The number of nitrogens with zero attached hydrogens (tertiary/aromatic N) is 6. The molecular formula is C18H16N6. The molecule has 0 aliphatic heterocycles. The smallest absolute Gasteiger partial charge is 0.172 e. The monoisotopic (exact) mass is 316 g/mol. The Morgan fingerprint density at radius 2 is 1.62 bits per heavy atom. The van der Waals surface area contributed by atoms with E-state index in [1.807, 2.05) is 60.7 Å². The highest BCUT2D eigenvalue weighted by molar-refractivity contribution is 6.12. The highest BCUT2D eigenvalue weighted by Crippen LogP contribution is 2.12. The van der Waals surface area contributed by atoms with E-state index in [9.17, 15) is 0 Å². The lowest BCUT2D eigenvalue weighted by Gasteiger charge is -2.07. The number of benzene rings is 2. The van der Waals surface area contributed by atoms with Gasteiger partial charge >= 0.3 is 0 Å². The van der Waals surface area contributed by atoms with Gasteiger partial charge in [0.2, 0.25) is 0 Å². The van der Waals surface area contributed by atoms with Crippen molar-refractivity contribution in [3.05, 3.63) is 77.6 Å². The molecule has 0 spiro atoms. The first-order valence-electron chi connectivity index (χ1n) is 7.66. The van der Waals surface area contributed by atoms with E-state index in [1.54, 1.807) is 4.68 Å². The number of tetrazole rings is 1. The molecule has 1 heterocycles. The Morgan fingerprint density at radius 1 is 1.00 bits per heavy atom. The van der Waals surface area contributed by atoms with Gasteiger partial charge in [-0.15, -0.1) is 5.10 Å². The molecule has 3 aromatic rings. The lowest BCUT2D eigenvalue weighted by Crippen LogP contribution is -2.08. The van der Waals surface area contributed by atoms with Gasteiger partial charge in [0.25, 0.3) is 0 Å². The Kier molecular flexibility index (Phi) is 5.05. The maximum Gasteiger partial charge on any atom is 0.172 e. The Labute approximate surface area is 140 Å². The van der Waals surface area contributed by atoms with Gasteiger partial charge in [-0.3, -0.25) is 4.99 Å². The van der Waals surface area contributed by atoms with Gasteiger partial charge in [-0.25, -0.2) is 4.68 Å². The molecule has 0 fully saturated rings. The van der Waals surface area contributed by atoms with Crippen molar-refractivity contribution in [2.45, 2.75) is 19.5 Å². The highest BCUT2D eigenvalue weighted by atomic mass is 15.5. The zero-order valence-corrected chi connectivity index (χ0v) is 13.1. The molecule has 0 saturated heterocycles. The quantitative estimate of drug-likeness (QED) is 0.655. The summed E-state index contributed by atoms with van der Waals surface area (Å²) < 4.78 is 1.63. The van der Waals surface area contributed by atoms with Crippen LogP contribution in [0.5, 0.6) is 0 Å². The van der Waals surface area contributed by atoms with Crippen molar-refractivity contribution in [3.63, 3.8) is 0 Å². The third-order valence-corrected chi connectivity index (χ3v) is 3.51. The maximum atomic E-state index is 8.71. The number of aliphatic imine (C=N–C) groups is 1. The summed E-state index contributed by atoms with van der Waals surface area (Å²) in [5.74, 6) is 0.648. The van der Waals surface area contributed by atoms with Gasteiger partial charge in [-0.05, 0) is 10.4 Å². The molecule has 0 atom stereocenters. The first-order chi connectivity index (χ1) is 11.9. The average molecular weight is 316 g/mol. The van der Waals surface area contributed by atoms with Crippen molar-refractivity contribution in [3.8, 4) is 6.07 Å². The largest absolute Gasteiger partial charge is 0.276 e. The van der Waals surface area contributed by atoms with Gasteiger partial charge in [0, 0.05) is 11.1 Å². The fourth-order valence-corrected chi connectivity index (χ4v) is 2.36. The molecule has 2 aromatic carbocycles. The van der Waals surface area contributed by atoms with E-state index in [2.05, 4.69) is 21.6 Å². The number of rotatable bonds is 6. The lowest BCUT2D eigenvalue weighted by molar-refractivity contribution is 0.574. The number of hydrogen-bond donors (Lipinski definition) is 0. The summed E-state index contributed by atoms with van der Waals surface area (Å²) in [7, 11) is 0. The standard InChI is InChI=1S/C18H16N6/c19-12-7-13-24-17(21-22-23-24)14-20-18(15-8-3-1-4-9-15)16-10-5-2-6-11-16/h1-6,8-11H,7,13-14H2. The van der Waals surface area contributed by atoms with Crippen LogP contribution in [-0.4, -0.2) is 25.9 Å². The second-order valence-corrected chi connectivity index (χ2v) is 5.12. The molecule has 0 saturated carbocycles. The third kappa shape index (κ3) is 3.70. The predicted octanol–water partition coefficient (Wildman–Crippen LogP) is 2.62. The molecule has 0 aliphatic carbocycles. The summed E-state index contributed by atoms with van der Waals surface area (Å²) in [6.07, 6.45) is 0.367. The van der Waals surface area contributed by atoms with Crippen LogP contribution in [-0.2, 0) is 13.1 Å². The highest BCUT2D eigenvalue weighted by Gasteiger charge is 2.09. The second kappa shape index (κ2) is 7.79. The second-order valence-electron chi connectivity index (χ2n) is 5.12. The lowest BCUT2D eigenvalue weighted by atomic mass is 10.0. The number of aryl methyl sites for hydroxylation is 1. The normalized spacial score (nSPS) is 10.1. The van der Waals surface area contributed by atoms with E-state index >= 15 is 0 Å². The molecule has 1 aromatic heterocycles. The van der Waals surface area contributed by atoms with Crippen molar-refractivity contribution in [2.24, 2.45) is 4.99 Å². The molecule has 0 radical (unpaired) electrons. The van der Waals surface area contributed by atoms with Gasteiger partial charge in [0.1, 0.15) is 6.54 Å². The van der Waals surface area contributed by atoms with Crippen molar-refractivity contribution >= 4 is 5.71 Å². The van der Waals surface area contributed by atoms with Crippen molar-refractivity contribution in [1.29, 1.82) is 5.26 Å². The Balaban J connectivity index is 1.91. The molecule has 6 nitrogen and oxygen atoms in total. The van der Waals surface area contributed by atoms with Crippen LogP contribution in [0.25, 0.3) is 0 Å². The first-order valence-corrected chi connectivity index (χ1v) is 7.66. The molecule has 0 aliphatic rings. The van der Waals surface area contributed by atoms with Gasteiger partial charge in [-0.1, -0.05) is 60.7 Å². The zero-order valence-electron chi connectivity index (χ0n) is 13.1. The minimum Gasteiger partial charge on any atom is -0.276 e. The molecule has 0 unspecified atom stereocenters. The molecule has 6 heteroatoms. The molecule has 0 amide bonds. The minimum absolute atomic E-state index is 0.359. The van der Waals surface area contributed by atoms with Gasteiger partial charge in [0.15, 0.2) is 5.82 Å². The van der Waals surface area contributed by atoms with Gasteiger partial charge in [0.05, 0.1) is 24.7 Å². The Morgan fingerprint density at radius 3 is 2.21 bits per heavy atom. The van der Waals surface area contributed by atoms with Crippen LogP contribution >= 0.6 is 0 Å². The molecule has 0 bridgehead atoms. The van der Waals surface area contributed by atoms with E-state index in [0.29, 0.717) is 25.3 Å². The zero-order chi connectivity index (χ0) is 16.6. The molecule has 3 rings (SSSR count). The van der Waals surface area contributed by atoms with E-state index in [-0.39, 0.29) is 0 Å². The fraction of sp³-hybridized carbons (Fsp3) is 0.167. The van der Waals surface area contributed by atoms with Crippen molar-refractivity contribution in [1.82, 2.24) is 20.2 Å². The van der Waals surface area contributed by atoms with Crippen molar-refractivity contribution in [2.75, 3.05) is 0 Å². The summed E-state index contributed by atoms with van der Waals surface area (Å²) in [6.45, 7) is 0.831. The predicted molar refractivity (Wildman–Crippen MR) is 90.3 cm³/mol. The number of aromatic nitrogens is 4. The average Bonchev–Trinajstić information content (AvgIpc) is 3.09. The third-order valence-electron chi connectivity index (χ3n) is 3.51. The van der Waals surface area contributed by atoms with Crippen LogP contribution in [0.3, 0.4) is 0 Å². The Hall–Kier alpha value is -3.33. The van der Waals surface area contributed by atoms with Crippen LogP contribution in [0.1, 0.15) is 23.4 Å². The Bertz CT molecular complexity index is 804. The summed E-state index contributed by atoms with van der Waals surface area (Å²) >= 11 is 0. The molecule has 24 heavy (non-hydrogen) atoms. The summed E-state index contributed by atoms with van der Waals surface area (Å²) in [4.78, 5) is 4.75. The summed E-state index contributed by atoms with van der Waals surface area (Å²) in [5, 5.41) is 20.3. The fourth-order valence-electron chi connectivity index (χ4n) is 2.36. The van der Waals surface area contributed by atoms with E-state index < -0.39 is 0 Å². The van der Waals surface area contributed by atoms with E-state index in [4.69, 9.17) is 10.3 Å². The van der Waals surface area contributed by atoms with Crippen molar-refractivity contribution < 1.29 is 0 Å². The minimum atomic E-state index is 0.359. The van der Waals surface area contributed by atoms with Gasteiger partial charge < -0.3 is 0 Å². The van der Waals surface area contributed by atoms with Crippen LogP contribution in [0.2, 0.25) is 0 Å². The summed E-state index contributed by atoms with van der Waals surface area (Å²) in [5.41, 5.74) is 2.98. The topological polar surface area (TPSA) is 79.8 Å². The molecule has 118 valence electrons. The van der Waals surface area contributed by atoms with Crippen LogP contribution in [0, 0.1) is 11.3 Å². The first kappa shape index (κ1) is 15.6. The maximum absolute atomic E-state index is 8.71. The number of hydrogen-bond acceptors (Lipinski definition) is 5.